The summed E-state index contributed by atoms with van der Waals surface area (Å²) in [7, 11) is 0. The molecule has 126 valence electrons. The number of nitriles is 1. The zero-order chi connectivity index (χ0) is 18.2. The number of anilines is 1. The summed E-state index contributed by atoms with van der Waals surface area (Å²) in [5.41, 5.74) is 2.42. The molecule has 0 unspecified atom stereocenters. The van der Waals surface area contributed by atoms with Gasteiger partial charge in [-0.1, -0.05) is 30.9 Å². The summed E-state index contributed by atoms with van der Waals surface area (Å²) in [6.45, 7) is 5.94. The van der Waals surface area contributed by atoms with Gasteiger partial charge in [0.05, 0.1) is 4.47 Å². The van der Waals surface area contributed by atoms with Gasteiger partial charge in [0.25, 0.3) is 5.91 Å². The van der Waals surface area contributed by atoms with Crippen molar-refractivity contribution < 1.29 is 9.53 Å². The van der Waals surface area contributed by atoms with Crippen LogP contribution < -0.4 is 10.1 Å². The Bertz CT molecular complexity index is 866. The van der Waals surface area contributed by atoms with E-state index in [0.717, 1.165) is 10.0 Å². The highest BCUT2D eigenvalue weighted by atomic mass is 79.9. The van der Waals surface area contributed by atoms with E-state index in [1.807, 2.05) is 31.2 Å². The number of nitrogens with one attached hydrogen (secondary N) is 1. The van der Waals surface area contributed by atoms with Gasteiger partial charge in [0, 0.05) is 5.69 Å². The highest BCUT2D eigenvalue weighted by Crippen LogP contribution is 2.27. The van der Waals surface area contributed by atoms with Crippen molar-refractivity contribution in [2.24, 2.45) is 0 Å². The predicted molar refractivity (Wildman–Crippen MR) is 103 cm³/mol. The monoisotopic (exact) mass is 396 g/mol. The molecule has 4 nitrogen and oxygen atoms in total. The Morgan fingerprint density at radius 1 is 1.36 bits per heavy atom. The maximum Gasteiger partial charge on any atom is 0.266 e. The van der Waals surface area contributed by atoms with Crippen LogP contribution in [0, 0.1) is 18.3 Å². The van der Waals surface area contributed by atoms with Crippen molar-refractivity contribution in [2.75, 3.05) is 11.9 Å². The minimum atomic E-state index is -0.448. The molecule has 5 heteroatoms. The molecular weight excluding hydrogens is 380 g/mol. The van der Waals surface area contributed by atoms with Crippen molar-refractivity contribution in [2.45, 2.75) is 6.92 Å². The van der Waals surface area contributed by atoms with Gasteiger partial charge in [0.1, 0.15) is 24.0 Å². The van der Waals surface area contributed by atoms with Crippen molar-refractivity contribution in [1.29, 1.82) is 5.26 Å². The first-order chi connectivity index (χ1) is 12.0. The lowest BCUT2D eigenvalue weighted by Gasteiger charge is -2.07. The normalized spacial score (nSPS) is 10.7. The second-order valence-corrected chi connectivity index (χ2v) is 6.14. The number of ether oxygens (including phenoxy) is 1. The fourth-order valence-corrected chi connectivity index (χ4v) is 2.62. The molecule has 0 atom stereocenters. The van der Waals surface area contributed by atoms with Gasteiger partial charge in [-0.05, 0) is 64.3 Å². The van der Waals surface area contributed by atoms with E-state index in [9.17, 15) is 10.1 Å². The van der Waals surface area contributed by atoms with E-state index in [1.165, 1.54) is 6.08 Å². The standard InChI is InChI=1S/C20H17BrN2O2/c1-3-9-25-19-8-7-15(12-18(19)21)11-16(13-22)20(24)23-17-6-4-5-14(2)10-17/h3-8,10-12H,1,9H2,2H3,(H,23,24)/b16-11+. The van der Waals surface area contributed by atoms with Crippen LogP contribution in [0.1, 0.15) is 11.1 Å². The molecule has 0 aliphatic rings. The molecule has 0 aliphatic heterocycles. The lowest BCUT2D eigenvalue weighted by Crippen LogP contribution is -2.13. The SMILES string of the molecule is C=CCOc1ccc(/C=C(\C#N)C(=O)Nc2cccc(C)c2)cc1Br. The number of amides is 1. The van der Waals surface area contributed by atoms with Crippen LogP contribution in [0.5, 0.6) is 5.75 Å². The maximum absolute atomic E-state index is 12.3. The predicted octanol–water partition coefficient (Wildman–Crippen LogP) is 4.87. The van der Waals surface area contributed by atoms with Gasteiger partial charge < -0.3 is 10.1 Å². The summed E-state index contributed by atoms with van der Waals surface area (Å²) in [4.78, 5) is 12.3. The molecule has 2 rings (SSSR count). The number of carbonyl (C=O) groups is 1. The molecule has 0 spiro atoms. The van der Waals surface area contributed by atoms with E-state index >= 15 is 0 Å². The van der Waals surface area contributed by atoms with Crippen LogP contribution in [0.15, 0.2) is 65.2 Å². The molecule has 1 amide bonds. The van der Waals surface area contributed by atoms with Crippen LogP contribution in [0.25, 0.3) is 6.08 Å². The lowest BCUT2D eigenvalue weighted by molar-refractivity contribution is -0.112. The zero-order valence-corrected chi connectivity index (χ0v) is 15.3. The third kappa shape index (κ3) is 5.33. The van der Waals surface area contributed by atoms with Crippen LogP contribution in [-0.2, 0) is 4.79 Å². The highest BCUT2D eigenvalue weighted by Gasteiger charge is 2.10. The molecule has 0 heterocycles. The van der Waals surface area contributed by atoms with Crippen molar-refractivity contribution in [3.05, 3.63) is 76.3 Å². The number of hydrogen-bond donors (Lipinski definition) is 1. The number of nitrogens with zero attached hydrogens (tertiary/aromatic N) is 1. The van der Waals surface area contributed by atoms with Crippen molar-refractivity contribution >= 4 is 33.6 Å². The van der Waals surface area contributed by atoms with Crippen molar-refractivity contribution in [3.8, 4) is 11.8 Å². The van der Waals surface area contributed by atoms with Gasteiger partial charge in [-0.25, -0.2) is 0 Å². The smallest absolute Gasteiger partial charge is 0.266 e. The average Bonchev–Trinajstić information content (AvgIpc) is 2.58. The molecule has 25 heavy (non-hydrogen) atoms. The molecule has 0 fully saturated rings. The molecule has 0 bridgehead atoms. The lowest BCUT2D eigenvalue weighted by atomic mass is 10.1. The first-order valence-corrected chi connectivity index (χ1v) is 8.36. The first kappa shape index (κ1) is 18.5. The summed E-state index contributed by atoms with van der Waals surface area (Å²) < 4.78 is 6.22. The van der Waals surface area contributed by atoms with Gasteiger partial charge >= 0.3 is 0 Å². The molecule has 1 N–H and O–H groups in total. The van der Waals surface area contributed by atoms with E-state index in [2.05, 4.69) is 27.8 Å². The Morgan fingerprint density at radius 3 is 2.80 bits per heavy atom. The van der Waals surface area contributed by atoms with Gasteiger partial charge in [0.15, 0.2) is 0 Å². The summed E-state index contributed by atoms with van der Waals surface area (Å²) in [5.74, 6) is 0.218. The van der Waals surface area contributed by atoms with Crippen LogP contribution in [0.4, 0.5) is 5.69 Å². The van der Waals surface area contributed by atoms with Crippen LogP contribution >= 0.6 is 15.9 Å². The second kappa shape index (κ2) is 8.86. The minimum Gasteiger partial charge on any atom is -0.488 e. The van der Waals surface area contributed by atoms with Gasteiger partial charge in [0.2, 0.25) is 0 Å². The van der Waals surface area contributed by atoms with E-state index in [1.54, 1.807) is 30.3 Å². The summed E-state index contributed by atoms with van der Waals surface area (Å²) >= 11 is 3.42. The van der Waals surface area contributed by atoms with E-state index in [4.69, 9.17) is 4.74 Å². The van der Waals surface area contributed by atoms with Gasteiger partial charge in [-0.3, -0.25) is 4.79 Å². The fourth-order valence-electron chi connectivity index (χ4n) is 2.11. The number of carbonyl (C=O) groups excluding carboxylic acids is 1. The summed E-state index contributed by atoms with van der Waals surface area (Å²) in [6, 6.07) is 14.7. The molecule has 0 aliphatic carbocycles. The fraction of sp³-hybridized carbons (Fsp3) is 0.100. The molecule has 2 aromatic carbocycles. The zero-order valence-electron chi connectivity index (χ0n) is 13.8. The Labute approximate surface area is 155 Å². The number of halogens is 1. The molecule has 0 radical (unpaired) electrons. The Balaban J connectivity index is 2.19. The molecule has 0 aromatic heterocycles. The molecular formula is C20H17BrN2O2. The molecule has 0 saturated carbocycles. The third-order valence-electron chi connectivity index (χ3n) is 3.26. The number of aryl methyl sites for hydroxylation is 1. The summed E-state index contributed by atoms with van der Waals surface area (Å²) in [5, 5.41) is 12.0. The van der Waals surface area contributed by atoms with Crippen LogP contribution in [-0.4, -0.2) is 12.5 Å². The minimum absolute atomic E-state index is 0.0215. The van der Waals surface area contributed by atoms with Crippen LogP contribution in [0.3, 0.4) is 0 Å². The van der Waals surface area contributed by atoms with E-state index < -0.39 is 5.91 Å². The van der Waals surface area contributed by atoms with Crippen LogP contribution in [0.2, 0.25) is 0 Å². The van der Waals surface area contributed by atoms with E-state index in [-0.39, 0.29) is 5.57 Å². The molecule has 0 saturated heterocycles. The van der Waals surface area contributed by atoms with Crippen molar-refractivity contribution in [3.63, 3.8) is 0 Å². The Morgan fingerprint density at radius 2 is 2.16 bits per heavy atom. The van der Waals surface area contributed by atoms with Gasteiger partial charge in [-0.2, -0.15) is 5.26 Å². The maximum atomic E-state index is 12.3. The quantitative estimate of drug-likeness (QED) is 0.430. The Kier molecular flexibility index (Phi) is 6.55. The molecule has 2 aromatic rings. The van der Waals surface area contributed by atoms with E-state index in [0.29, 0.717) is 23.6 Å². The third-order valence-corrected chi connectivity index (χ3v) is 3.88. The first-order valence-electron chi connectivity index (χ1n) is 7.56. The largest absolute Gasteiger partial charge is 0.488 e. The van der Waals surface area contributed by atoms with Gasteiger partial charge in [-0.15, -0.1) is 0 Å². The summed E-state index contributed by atoms with van der Waals surface area (Å²) in [6.07, 6.45) is 3.19. The topological polar surface area (TPSA) is 62.1 Å². The Hall–Kier alpha value is -2.84. The van der Waals surface area contributed by atoms with Crippen molar-refractivity contribution in [1.82, 2.24) is 0 Å². The highest BCUT2D eigenvalue weighted by molar-refractivity contribution is 9.10. The second-order valence-electron chi connectivity index (χ2n) is 5.28. The number of rotatable bonds is 6. The number of benzene rings is 2. The number of hydrogen-bond acceptors (Lipinski definition) is 3. The average molecular weight is 397 g/mol.